The summed E-state index contributed by atoms with van der Waals surface area (Å²) in [6, 6.07) is 3.04. The summed E-state index contributed by atoms with van der Waals surface area (Å²) >= 11 is 0. The van der Waals surface area contributed by atoms with Gasteiger partial charge in [0.05, 0.1) is 23.2 Å². The van der Waals surface area contributed by atoms with E-state index >= 15 is 0 Å². The summed E-state index contributed by atoms with van der Waals surface area (Å²) in [5.74, 6) is -0.698. The van der Waals surface area contributed by atoms with Gasteiger partial charge in [-0.15, -0.1) is 0 Å². The Hall–Kier alpha value is -3.13. The minimum absolute atomic E-state index is 0.0463. The predicted molar refractivity (Wildman–Crippen MR) is 152 cm³/mol. The third-order valence-corrected chi connectivity index (χ3v) is 9.90. The fourth-order valence-corrected chi connectivity index (χ4v) is 7.06. The van der Waals surface area contributed by atoms with Crippen molar-refractivity contribution < 1.29 is 31.5 Å². The molecule has 2 aromatic rings. The van der Waals surface area contributed by atoms with Crippen LogP contribution in [-0.2, 0) is 27.4 Å². The summed E-state index contributed by atoms with van der Waals surface area (Å²) in [6.07, 6.45) is 4.80. The van der Waals surface area contributed by atoms with E-state index in [1.54, 1.807) is 0 Å². The molecule has 1 saturated heterocycles. The number of aliphatic imine (C=N–C) groups is 1. The monoisotopic (exact) mass is 613 g/mol. The number of benzene rings is 1. The molecule has 0 aliphatic carbocycles. The fraction of sp³-hybridized carbons (Fsp3) is 0.607. The molecule has 0 radical (unpaired) electrons. The number of amidine groups is 1. The van der Waals surface area contributed by atoms with Crippen LogP contribution in [0.15, 0.2) is 34.2 Å². The van der Waals surface area contributed by atoms with Crippen LogP contribution in [-0.4, -0.2) is 63.5 Å². The normalized spacial score (nSPS) is 17.5. The van der Waals surface area contributed by atoms with Crippen LogP contribution < -0.4 is 11.0 Å². The maximum absolute atomic E-state index is 13.9. The van der Waals surface area contributed by atoms with Gasteiger partial charge >= 0.3 is 11.9 Å². The SMILES string of the molecule is CCCCCCCCCC1=NC2(CCN(S(=O)(=O)CCc3ccc(-n4c(O)c[nH]c4=O)cc3C(F)(F)F)CC2)C(=O)N1. The number of aromatic nitrogens is 2. The second kappa shape index (κ2) is 13.0. The zero-order valence-electron chi connectivity index (χ0n) is 23.7. The maximum Gasteiger partial charge on any atom is 0.416 e. The quantitative estimate of drug-likeness (QED) is 0.290. The fourth-order valence-electron chi connectivity index (χ4n) is 5.59. The minimum atomic E-state index is -4.82. The van der Waals surface area contributed by atoms with Crippen LogP contribution in [0.1, 0.15) is 82.3 Å². The van der Waals surface area contributed by atoms with E-state index in [4.69, 9.17) is 0 Å². The first-order chi connectivity index (χ1) is 19.9. The third kappa shape index (κ3) is 7.25. The number of piperidine rings is 1. The van der Waals surface area contributed by atoms with Gasteiger partial charge in [-0.2, -0.15) is 13.2 Å². The lowest BCUT2D eigenvalue weighted by molar-refractivity contribution is -0.138. The van der Waals surface area contributed by atoms with Crippen molar-refractivity contribution in [1.29, 1.82) is 0 Å². The predicted octanol–water partition coefficient (Wildman–Crippen LogP) is 4.27. The molecule has 0 atom stereocenters. The molecule has 3 heterocycles. The van der Waals surface area contributed by atoms with Crippen molar-refractivity contribution in [2.75, 3.05) is 18.8 Å². The van der Waals surface area contributed by atoms with E-state index in [0.29, 0.717) is 22.9 Å². The van der Waals surface area contributed by atoms with Gasteiger partial charge < -0.3 is 15.4 Å². The van der Waals surface area contributed by atoms with Crippen LogP contribution in [0.4, 0.5) is 13.2 Å². The minimum Gasteiger partial charge on any atom is -0.493 e. The second-order valence-corrected chi connectivity index (χ2v) is 13.1. The zero-order chi connectivity index (χ0) is 30.5. The van der Waals surface area contributed by atoms with Crippen LogP contribution in [0.25, 0.3) is 5.69 Å². The molecular formula is C28H38F3N5O5S. The van der Waals surface area contributed by atoms with E-state index in [1.165, 1.54) is 36.1 Å². The number of nitrogens with zero attached hydrogens (tertiary/aromatic N) is 3. The molecule has 1 fully saturated rings. The third-order valence-electron chi connectivity index (χ3n) is 8.03. The molecule has 232 valence electrons. The Bertz CT molecular complexity index is 1460. The molecule has 1 spiro atoms. The van der Waals surface area contributed by atoms with Crippen molar-refractivity contribution in [2.24, 2.45) is 4.99 Å². The molecule has 14 heteroatoms. The summed E-state index contributed by atoms with van der Waals surface area (Å²) in [6.45, 7) is 2.27. The van der Waals surface area contributed by atoms with Crippen LogP contribution >= 0.6 is 0 Å². The maximum atomic E-state index is 13.9. The van der Waals surface area contributed by atoms with Crippen LogP contribution in [0, 0.1) is 0 Å². The number of H-pyrrole nitrogens is 1. The first-order valence-corrected chi connectivity index (χ1v) is 16.0. The van der Waals surface area contributed by atoms with Crippen molar-refractivity contribution in [3.63, 3.8) is 0 Å². The highest BCUT2D eigenvalue weighted by molar-refractivity contribution is 7.89. The molecule has 0 saturated carbocycles. The number of rotatable bonds is 13. The van der Waals surface area contributed by atoms with Gasteiger partial charge in [0.15, 0.2) is 0 Å². The zero-order valence-corrected chi connectivity index (χ0v) is 24.5. The molecule has 4 rings (SSSR count). The number of amides is 1. The highest BCUT2D eigenvalue weighted by Crippen LogP contribution is 2.35. The van der Waals surface area contributed by atoms with Crippen LogP contribution in [0.2, 0.25) is 0 Å². The van der Waals surface area contributed by atoms with E-state index in [9.17, 15) is 36.3 Å². The van der Waals surface area contributed by atoms with Crippen molar-refractivity contribution in [3.05, 3.63) is 46.0 Å². The average molecular weight is 614 g/mol. The van der Waals surface area contributed by atoms with Crippen molar-refractivity contribution in [3.8, 4) is 11.6 Å². The molecule has 42 heavy (non-hydrogen) atoms. The highest BCUT2D eigenvalue weighted by Gasteiger charge is 2.47. The Labute approximate surface area is 243 Å². The summed E-state index contributed by atoms with van der Waals surface area (Å²) in [7, 11) is -3.93. The Balaban J connectivity index is 1.35. The van der Waals surface area contributed by atoms with Crippen molar-refractivity contribution in [1.82, 2.24) is 19.2 Å². The summed E-state index contributed by atoms with van der Waals surface area (Å²) < 4.78 is 69.7. The number of unbranched alkanes of at least 4 members (excludes halogenated alkanes) is 6. The molecule has 1 amide bonds. The summed E-state index contributed by atoms with van der Waals surface area (Å²) in [4.78, 5) is 31.5. The highest BCUT2D eigenvalue weighted by atomic mass is 32.2. The largest absolute Gasteiger partial charge is 0.493 e. The molecule has 2 aliphatic heterocycles. The number of alkyl halides is 3. The van der Waals surface area contributed by atoms with Crippen LogP contribution in [0.5, 0.6) is 5.88 Å². The van der Waals surface area contributed by atoms with Gasteiger partial charge in [0.25, 0.3) is 5.91 Å². The van der Waals surface area contributed by atoms with E-state index in [1.807, 2.05) is 0 Å². The van der Waals surface area contributed by atoms with E-state index < -0.39 is 51.0 Å². The molecule has 3 N–H and O–H groups in total. The van der Waals surface area contributed by atoms with Gasteiger partial charge in [-0.05, 0) is 43.4 Å². The Kier molecular flexibility index (Phi) is 9.86. The molecule has 0 bridgehead atoms. The topological polar surface area (TPSA) is 137 Å². The number of nitrogens with one attached hydrogen (secondary N) is 2. The van der Waals surface area contributed by atoms with Gasteiger partial charge in [-0.25, -0.2) is 22.1 Å². The van der Waals surface area contributed by atoms with E-state index in [0.717, 1.165) is 31.5 Å². The Morgan fingerprint density at radius 2 is 1.69 bits per heavy atom. The van der Waals surface area contributed by atoms with Gasteiger partial charge in [0.1, 0.15) is 11.4 Å². The first kappa shape index (κ1) is 31.8. The lowest BCUT2D eigenvalue weighted by Gasteiger charge is -2.34. The Morgan fingerprint density at radius 3 is 2.31 bits per heavy atom. The molecule has 0 unspecified atom stereocenters. The van der Waals surface area contributed by atoms with E-state index in [-0.39, 0.29) is 43.1 Å². The van der Waals surface area contributed by atoms with Crippen molar-refractivity contribution in [2.45, 2.75) is 89.3 Å². The number of aromatic amines is 1. The number of aryl methyl sites for hydroxylation is 1. The standard InChI is InChI=1S/C28H38F3N5O5S/c1-2-3-4-5-6-7-8-9-23-33-25(38)27(34-23)13-15-35(16-14-27)42(40,41)17-12-20-10-11-21(18-22(20)28(29,30)31)36-24(37)19-32-26(36)39/h10-11,18-19,37H,2-9,12-17H2,1H3,(H,32,39)(H,33,34,38). The lowest BCUT2D eigenvalue weighted by Crippen LogP contribution is -2.50. The van der Waals surface area contributed by atoms with Gasteiger partial charge in [0.2, 0.25) is 15.9 Å². The second-order valence-electron chi connectivity index (χ2n) is 11.0. The summed E-state index contributed by atoms with van der Waals surface area (Å²) in [5.41, 5.74) is -3.36. The number of sulfonamides is 1. The van der Waals surface area contributed by atoms with Gasteiger partial charge in [-0.3, -0.25) is 9.79 Å². The lowest BCUT2D eigenvalue weighted by atomic mass is 9.89. The number of imidazole rings is 1. The molecule has 1 aromatic heterocycles. The number of halogens is 3. The van der Waals surface area contributed by atoms with Gasteiger partial charge in [0, 0.05) is 19.5 Å². The molecule has 2 aliphatic rings. The number of aromatic hydroxyl groups is 1. The first-order valence-electron chi connectivity index (χ1n) is 14.4. The number of carbonyl (C=O) groups excluding carboxylic acids is 1. The average Bonchev–Trinajstić information content (AvgIpc) is 3.43. The summed E-state index contributed by atoms with van der Waals surface area (Å²) in [5, 5.41) is 12.7. The number of carbonyl (C=O) groups is 1. The number of hydrogen-bond acceptors (Lipinski definition) is 6. The van der Waals surface area contributed by atoms with Crippen molar-refractivity contribution >= 4 is 21.8 Å². The smallest absolute Gasteiger partial charge is 0.416 e. The molecule has 10 nitrogen and oxygen atoms in total. The number of hydrogen-bond donors (Lipinski definition) is 3. The molecule has 1 aromatic carbocycles. The Morgan fingerprint density at radius 1 is 1.02 bits per heavy atom. The van der Waals surface area contributed by atoms with Gasteiger partial charge in [-0.1, -0.05) is 51.5 Å². The molecular weight excluding hydrogens is 575 g/mol. The van der Waals surface area contributed by atoms with Crippen LogP contribution in [0.3, 0.4) is 0 Å². The van der Waals surface area contributed by atoms with E-state index in [2.05, 4.69) is 22.2 Å².